The normalized spacial score (nSPS) is 42.8. The molecular weight excluding hydrogens is 272 g/mol. The van der Waals surface area contributed by atoms with Gasteiger partial charge in [0.1, 0.15) is 0 Å². The molecule has 116 valence electrons. The molecule has 1 saturated heterocycles. The number of halogens is 1. The van der Waals surface area contributed by atoms with Crippen molar-refractivity contribution < 1.29 is 9.31 Å². The van der Waals surface area contributed by atoms with Crippen LogP contribution in [0.1, 0.15) is 53.9 Å². The van der Waals surface area contributed by atoms with E-state index in [0.29, 0.717) is 17.3 Å². The van der Waals surface area contributed by atoms with Gasteiger partial charge in [0.15, 0.2) is 0 Å². The van der Waals surface area contributed by atoms with Crippen LogP contribution in [0.15, 0.2) is 0 Å². The van der Waals surface area contributed by atoms with Gasteiger partial charge in [0.2, 0.25) is 0 Å². The zero-order valence-electron chi connectivity index (χ0n) is 13.4. The molecule has 5 atom stereocenters. The van der Waals surface area contributed by atoms with Gasteiger partial charge in [0.05, 0.1) is 11.7 Å². The summed E-state index contributed by atoms with van der Waals surface area (Å²) in [6.07, 6.45) is 3.67. The van der Waals surface area contributed by atoms with E-state index in [1.54, 1.807) is 0 Å². The maximum Gasteiger partial charge on any atom is 0.475 e. The van der Waals surface area contributed by atoms with Gasteiger partial charge in [-0.1, -0.05) is 27.7 Å². The Bertz CT molecular complexity index is 379. The van der Waals surface area contributed by atoms with Crippen LogP contribution in [0.5, 0.6) is 0 Å². The van der Waals surface area contributed by atoms with Crippen molar-refractivity contribution in [2.75, 3.05) is 0 Å². The minimum absolute atomic E-state index is 0. The van der Waals surface area contributed by atoms with Gasteiger partial charge in [-0.15, -0.1) is 12.4 Å². The monoisotopic (exact) mass is 301 g/mol. The van der Waals surface area contributed by atoms with Crippen molar-refractivity contribution in [3.8, 4) is 0 Å². The molecule has 4 rings (SSSR count). The van der Waals surface area contributed by atoms with Gasteiger partial charge in [-0.05, 0) is 49.4 Å². The first-order valence-electron chi connectivity index (χ1n) is 7.84. The molecule has 1 heterocycles. The van der Waals surface area contributed by atoms with Crippen molar-refractivity contribution in [2.45, 2.75) is 71.5 Å². The van der Waals surface area contributed by atoms with Crippen molar-refractivity contribution in [1.29, 1.82) is 0 Å². The first-order valence-corrected chi connectivity index (χ1v) is 7.84. The Balaban J connectivity index is 0.00000147. The maximum absolute atomic E-state index is 6.35. The molecule has 5 heteroatoms. The Hall–Kier alpha value is 0.235. The van der Waals surface area contributed by atoms with E-state index in [1.807, 2.05) is 0 Å². The Labute approximate surface area is 129 Å². The lowest BCUT2D eigenvalue weighted by Gasteiger charge is -2.64. The van der Waals surface area contributed by atoms with Gasteiger partial charge in [0, 0.05) is 5.94 Å². The van der Waals surface area contributed by atoms with Crippen molar-refractivity contribution in [3.05, 3.63) is 0 Å². The molecule has 3 nitrogen and oxygen atoms in total. The van der Waals surface area contributed by atoms with Gasteiger partial charge in [-0.25, -0.2) is 0 Å². The number of nitrogens with two attached hydrogens (primary N) is 1. The highest BCUT2D eigenvalue weighted by Gasteiger charge is 2.68. The predicted octanol–water partition coefficient (Wildman–Crippen LogP) is 3.05. The van der Waals surface area contributed by atoms with Crippen LogP contribution in [0.25, 0.3) is 0 Å². The molecule has 0 amide bonds. The third-order valence-electron chi connectivity index (χ3n) is 6.06. The molecule has 4 fully saturated rings. The third kappa shape index (κ3) is 2.23. The fourth-order valence-corrected chi connectivity index (χ4v) is 4.74. The van der Waals surface area contributed by atoms with Gasteiger partial charge in [-0.2, -0.15) is 0 Å². The molecule has 2 N–H and O–H groups in total. The first kappa shape index (κ1) is 16.6. The standard InChI is InChI=1S/C15H28BNO2.ClH/c1-9(2)6-13(17)16-18-12-8-10-7-11(14(10,3)4)15(12,5)19-16;/h9-13H,6-8,17H2,1-5H3;1H. The lowest BCUT2D eigenvalue weighted by molar-refractivity contribution is -0.199. The second-order valence-corrected chi connectivity index (χ2v) is 8.13. The zero-order chi connectivity index (χ0) is 14.0. The average molecular weight is 302 g/mol. The summed E-state index contributed by atoms with van der Waals surface area (Å²) in [5, 5.41) is 0. The van der Waals surface area contributed by atoms with Crippen molar-refractivity contribution in [2.24, 2.45) is 28.9 Å². The molecule has 0 aromatic rings. The van der Waals surface area contributed by atoms with Crippen molar-refractivity contribution in [3.63, 3.8) is 0 Å². The van der Waals surface area contributed by atoms with E-state index in [2.05, 4.69) is 34.6 Å². The number of hydrogen-bond acceptors (Lipinski definition) is 3. The molecule has 4 aliphatic rings. The fourth-order valence-electron chi connectivity index (χ4n) is 4.74. The molecule has 0 spiro atoms. The van der Waals surface area contributed by atoms with E-state index >= 15 is 0 Å². The summed E-state index contributed by atoms with van der Waals surface area (Å²) in [6, 6.07) is 0. The smallest absolute Gasteiger partial charge is 0.404 e. The summed E-state index contributed by atoms with van der Waals surface area (Å²) in [4.78, 5) is 0. The Kier molecular flexibility index (Phi) is 4.28. The SMILES string of the molecule is CC(C)CC(N)B1OC2CC3CC(C3(C)C)C2(C)O1.Cl. The minimum atomic E-state index is -0.201. The van der Waals surface area contributed by atoms with Crippen LogP contribution in [0.4, 0.5) is 0 Å². The molecule has 0 aromatic carbocycles. The molecule has 3 aliphatic carbocycles. The zero-order valence-corrected chi connectivity index (χ0v) is 14.2. The summed E-state index contributed by atoms with van der Waals surface area (Å²) in [7, 11) is -0.201. The number of rotatable bonds is 3. The highest BCUT2D eigenvalue weighted by Crippen LogP contribution is 2.65. The lowest BCUT2D eigenvalue weighted by atomic mass is 9.43. The molecule has 3 saturated carbocycles. The average Bonchev–Trinajstić information content (AvgIpc) is 2.64. The van der Waals surface area contributed by atoms with E-state index < -0.39 is 0 Å². The summed E-state index contributed by atoms with van der Waals surface area (Å²) in [6.45, 7) is 11.4. The third-order valence-corrected chi connectivity index (χ3v) is 6.06. The quantitative estimate of drug-likeness (QED) is 0.815. The molecule has 1 aliphatic heterocycles. The predicted molar refractivity (Wildman–Crippen MR) is 84.8 cm³/mol. The minimum Gasteiger partial charge on any atom is -0.404 e. The van der Waals surface area contributed by atoms with Crippen LogP contribution in [0.3, 0.4) is 0 Å². The van der Waals surface area contributed by atoms with Gasteiger partial charge in [-0.3, -0.25) is 0 Å². The van der Waals surface area contributed by atoms with Crippen LogP contribution in [0.2, 0.25) is 0 Å². The number of hydrogen-bond donors (Lipinski definition) is 1. The second kappa shape index (κ2) is 5.15. The van der Waals surface area contributed by atoms with E-state index in [4.69, 9.17) is 15.0 Å². The highest BCUT2D eigenvalue weighted by atomic mass is 35.5. The molecule has 0 aromatic heterocycles. The van der Waals surface area contributed by atoms with Crippen LogP contribution in [-0.4, -0.2) is 24.8 Å². The van der Waals surface area contributed by atoms with E-state index in [1.165, 1.54) is 6.42 Å². The van der Waals surface area contributed by atoms with Gasteiger partial charge in [0.25, 0.3) is 0 Å². The molecule has 2 bridgehead atoms. The largest absolute Gasteiger partial charge is 0.475 e. The van der Waals surface area contributed by atoms with Gasteiger partial charge >= 0.3 is 7.12 Å². The summed E-state index contributed by atoms with van der Waals surface area (Å²) >= 11 is 0. The van der Waals surface area contributed by atoms with Crippen molar-refractivity contribution in [1.82, 2.24) is 0 Å². The Morgan fingerprint density at radius 1 is 1.25 bits per heavy atom. The molecule has 20 heavy (non-hydrogen) atoms. The molecule has 0 radical (unpaired) electrons. The molecule has 5 unspecified atom stereocenters. The summed E-state index contributed by atoms with van der Waals surface area (Å²) in [5.74, 6) is 2.02. The van der Waals surface area contributed by atoms with E-state index in [0.717, 1.165) is 18.8 Å². The summed E-state index contributed by atoms with van der Waals surface area (Å²) < 4.78 is 12.5. The fraction of sp³-hybridized carbons (Fsp3) is 1.00. The van der Waals surface area contributed by atoms with Crippen LogP contribution in [0, 0.1) is 23.2 Å². The molecular formula is C15H29BClNO2. The Morgan fingerprint density at radius 2 is 1.90 bits per heavy atom. The summed E-state index contributed by atoms with van der Waals surface area (Å²) in [5.41, 5.74) is 6.56. The van der Waals surface area contributed by atoms with Crippen LogP contribution >= 0.6 is 12.4 Å². The first-order chi connectivity index (χ1) is 8.75. The van der Waals surface area contributed by atoms with Gasteiger partial charge < -0.3 is 15.0 Å². The Morgan fingerprint density at radius 3 is 2.45 bits per heavy atom. The maximum atomic E-state index is 6.35. The van der Waals surface area contributed by atoms with E-state index in [-0.39, 0.29) is 37.2 Å². The second-order valence-electron chi connectivity index (χ2n) is 8.13. The van der Waals surface area contributed by atoms with Crippen molar-refractivity contribution >= 4 is 19.5 Å². The van der Waals surface area contributed by atoms with Crippen LogP contribution < -0.4 is 5.73 Å². The van der Waals surface area contributed by atoms with Crippen LogP contribution in [-0.2, 0) is 9.31 Å². The topological polar surface area (TPSA) is 44.5 Å². The highest BCUT2D eigenvalue weighted by molar-refractivity contribution is 6.47. The van der Waals surface area contributed by atoms with E-state index in [9.17, 15) is 0 Å². The lowest BCUT2D eigenvalue weighted by Crippen LogP contribution is -2.65.